The third-order valence-corrected chi connectivity index (χ3v) is 3.98. The number of nitrogen functional groups attached to an aromatic ring is 1. The Morgan fingerprint density at radius 1 is 1.00 bits per heavy atom. The van der Waals surface area contributed by atoms with E-state index in [0.29, 0.717) is 0 Å². The highest BCUT2D eigenvalue weighted by Crippen LogP contribution is 2.34. The van der Waals surface area contributed by atoms with Crippen LogP contribution < -0.4 is 5.73 Å². The average molecular weight is 260 g/mol. The lowest BCUT2D eigenvalue weighted by Crippen LogP contribution is -2.02. The van der Waals surface area contributed by atoms with Crippen LogP contribution in [0.2, 0.25) is 0 Å². The highest BCUT2D eigenvalue weighted by molar-refractivity contribution is 5.94. The summed E-state index contributed by atoms with van der Waals surface area (Å²) in [5.41, 5.74) is 12.0. The van der Waals surface area contributed by atoms with Crippen LogP contribution in [0.1, 0.15) is 17.7 Å². The molecule has 2 heteroatoms. The minimum atomic E-state index is 0.813. The smallest absolute Gasteiger partial charge is 0.0558 e. The monoisotopic (exact) mass is 260 g/mol. The lowest BCUT2D eigenvalue weighted by atomic mass is 10.0. The van der Waals surface area contributed by atoms with E-state index >= 15 is 0 Å². The van der Waals surface area contributed by atoms with Crippen LogP contribution in [0.3, 0.4) is 0 Å². The third kappa shape index (κ3) is 1.58. The molecule has 0 fully saturated rings. The van der Waals surface area contributed by atoms with Crippen LogP contribution >= 0.6 is 0 Å². The van der Waals surface area contributed by atoms with E-state index in [0.717, 1.165) is 18.5 Å². The van der Waals surface area contributed by atoms with Crippen molar-refractivity contribution >= 4 is 22.7 Å². The number of allylic oxidation sites excluding steroid dienone is 1. The highest BCUT2D eigenvalue weighted by atomic mass is 15.0. The summed E-state index contributed by atoms with van der Waals surface area (Å²) in [7, 11) is 0. The summed E-state index contributed by atoms with van der Waals surface area (Å²) in [5, 5.41) is 1.29. The number of benzene rings is 2. The van der Waals surface area contributed by atoms with Crippen molar-refractivity contribution in [2.75, 3.05) is 5.73 Å². The summed E-state index contributed by atoms with van der Waals surface area (Å²) in [6, 6.07) is 16.7. The van der Waals surface area contributed by atoms with Gasteiger partial charge in [0.1, 0.15) is 0 Å². The third-order valence-electron chi connectivity index (χ3n) is 3.98. The second kappa shape index (κ2) is 4.27. The summed E-state index contributed by atoms with van der Waals surface area (Å²) < 4.78 is 2.35. The maximum absolute atomic E-state index is 6.00. The van der Waals surface area contributed by atoms with Crippen molar-refractivity contribution in [2.24, 2.45) is 0 Å². The first-order valence-corrected chi connectivity index (χ1v) is 6.99. The number of nitrogens with two attached hydrogens (primary N) is 1. The Kier molecular flexibility index (Phi) is 2.43. The molecule has 2 nitrogen and oxygen atoms in total. The van der Waals surface area contributed by atoms with Gasteiger partial charge in [0.2, 0.25) is 0 Å². The highest BCUT2D eigenvalue weighted by Gasteiger charge is 2.18. The summed E-state index contributed by atoms with van der Waals surface area (Å²) >= 11 is 0. The minimum absolute atomic E-state index is 0.813. The summed E-state index contributed by atoms with van der Waals surface area (Å²) in [4.78, 5) is 0. The molecule has 0 saturated heterocycles. The number of para-hydroxylation sites is 1. The fourth-order valence-electron chi connectivity index (χ4n) is 3.11. The molecule has 0 bridgehead atoms. The SMILES string of the molecule is Nc1ccc2c3c(n(-c4ccccc4)c2c1)CCC=C3. The fourth-order valence-corrected chi connectivity index (χ4v) is 3.11. The first-order valence-electron chi connectivity index (χ1n) is 6.99. The molecule has 0 aliphatic heterocycles. The fraction of sp³-hybridized carbons (Fsp3) is 0.111. The number of hydrogen-bond acceptors (Lipinski definition) is 1. The van der Waals surface area contributed by atoms with Crippen LogP contribution in [0.15, 0.2) is 54.6 Å². The molecule has 4 rings (SSSR count). The lowest BCUT2D eigenvalue weighted by Gasteiger charge is -2.13. The molecule has 1 aliphatic rings. The van der Waals surface area contributed by atoms with Crippen molar-refractivity contribution in [3.63, 3.8) is 0 Å². The number of nitrogens with zero attached hydrogens (tertiary/aromatic N) is 1. The van der Waals surface area contributed by atoms with Gasteiger partial charge in [-0.15, -0.1) is 0 Å². The zero-order valence-electron chi connectivity index (χ0n) is 11.2. The standard InChI is InChI=1S/C18H16N2/c19-13-10-11-16-15-8-4-5-9-17(15)20(18(16)12-13)14-6-2-1-3-7-14/h1-4,6-8,10-12H,5,9,19H2. The Hall–Kier alpha value is -2.48. The Morgan fingerprint density at radius 3 is 2.70 bits per heavy atom. The molecule has 0 radical (unpaired) electrons. The number of anilines is 1. The summed E-state index contributed by atoms with van der Waals surface area (Å²) in [6.45, 7) is 0. The summed E-state index contributed by atoms with van der Waals surface area (Å²) in [5.74, 6) is 0. The van der Waals surface area contributed by atoms with Gasteiger partial charge in [-0.2, -0.15) is 0 Å². The maximum atomic E-state index is 6.00. The molecule has 0 amide bonds. The topological polar surface area (TPSA) is 30.9 Å². The van der Waals surface area contributed by atoms with Gasteiger partial charge in [-0.05, 0) is 37.1 Å². The lowest BCUT2D eigenvalue weighted by molar-refractivity contribution is 0.888. The van der Waals surface area contributed by atoms with Crippen molar-refractivity contribution < 1.29 is 0 Å². The van der Waals surface area contributed by atoms with E-state index in [1.54, 1.807) is 0 Å². The van der Waals surface area contributed by atoms with E-state index in [1.807, 2.05) is 6.07 Å². The number of fused-ring (bicyclic) bond motifs is 3. The molecule has 2 N–H and O–H groups in total. The van der Waals surface area contributed by atoms with E-state index in [9.17, 15) is 0 Å². The van der Waals surface area contributed by atoms with E-state index in [4.69, 9.17) is 5.73 Å². The van der Waals surface area contributed by atoms with Gasteiger partial charge in [0.25, 0.3) is 0 Å². The number of hydrogen-bond donors (Lipinski definition) is 1. The van der Waals surface area contributed by atoms with Crippen molar-refractivity contribution in [1.82, 2.24) is 4.57 Å². The van der Waals surface area contributed by atoms with Gasteiger partial charge in [0, 0.05) is 28.0 Å². The molecular weight excluding hydrogens is 244 g/mol. The largest absolute Gasteiger partial charge is 0.399 e. The molecule has 1 aromatic heterocycles. The van der Waals surface area contributed by atoms with Crippen molar-refractivity contribution in [3.05, 3.63) is 65.9 Å². The second-order valence-electron chi connectivity index (χ2n) is 5.25. The van der Waals surface area contributed by atoms with Gasteiger partial charge in [-0.3, -0.25) is 0 Å². The number of aromatic nitrogens is 1. The predicted molar refractivity (Wildman–Crippen MR) is 85.0 cm³/mol. The van der Waals surface area contributed by atoms with Gasteiger partial charge >= 0.3 is 0 Å². The molecule has 2 aromatic carbocycles. The van der Waals surface area contributed by atoms with Crippen LogP contribution in [-0.2, 0) is 6.42 Å². The van der Waals surface area contributed by atoms with Gasteiger partial charge in [-0.1, -0.05) is 36.4 Å². The molecule has 1 aliphatic carbocycles. The second-order valence-corrected chi connectivity index (χ2v) is 5.25. The molecule has 98 valence electrons. The molecule has 0 atom stereocenters. The molecule has 3 aromatic rings. The van der Waals surface area contributed by atoms with E-state index < -0.39 is 0 Å². The van der Waals surface area contributed by atoms with Gasteiger partial charge in [-0.25, -0.2) is 0 Å². The van der Waals surface area contributed by atoms with Gasteiger partial charge in [0.05, 0.1) is 5.52 Å². The van der Waals surface area contributed by atoms with E-state index in [1.165, 1.54) is 27.8 Å². The molecule has 0 spiro atoms. The van der Waals surface area contributed by atoms with E-state index in [-0.39, 0.29) is 0 Å². The minimum Gasteiger partial charge on any atom is -0.399 e. The first-order chi connectivity index (χ1) is 9.84. The van der Waals surface area contributed by atoms with Crippen LogP contribution in [0.25, 0.3) is 22.7 Å². The maximum Gasteiger partial charge on any atom is 0.0558 e. The Balaban J connectivity index is 2.13. The molecule has 1 heterocycles. The Bertz CT molecular complexity index is 810. The molecule has 0 saturated carbocycles. The zero-order chi connectivity index (χ0) is 13.5. The normalized spacial score (nSPS) is 13.6. The summed E-state index contributed by atoms with van der Waals surface area (Å²) in [6.07, 6.45) is 6.69. The van der Waals surface area contributed by atoms with Gasteiger partial charge < -0.3 is 10.3 Å². The van der Waals surface area contributed by atoms with Gasteiger partial charge in [0.15, 0.2) is 0 Å². The zero-order valence-corrected chi connectivity index (χ0v) is 11.2. The Labute approximate surface area is 118 Å². The van der Waals surface area contributed by atoms with Crippen LogP contribution in [0, 0.1) is 0 Å². The molecular formula is C18H16N2. The van der Waals surface area contributed by atoms with Crippen molar-refractivity contribution in [2.45, 2.75) is 12.8 Å². The predicted octanol–water partition coefficient (Wildman–Crippen LogP) is 4.17. The molecule has 0 unspecified atom stereocenters. The number of rotatable bonds is 1. The van der Waals surface area contributed by atoms with Crippen LogP contribution in [-0.4, -0.2) is 4.57 Å². The quantitative estimate of drug-likeness (QED) is 0.654. The van der Waals surface area contributed by atoms with Crippen LogP contribution in [0.4, 0.5) is 5.69 Å². The molecule has 20 heavy (non-hydrogen) atoms. The average Bonchev–Trinajstić information content (AvgIpc) is 2.81. The first kappa shape index (κ1) is 11.4. The van der Waals surface area contributed by atoms with Crippen molar-refractivity contribution in [3.8, 4) is 5.69 Å². The van der Waals surface area contributed by atoms with Crippen LogP contribution in [0.5, 0.6) is 0 Å². The van der Waals surface area contributed by atoms with E-state index in [2.05, 4.69) is 59.2 Å². The van der Waals surface area contributed by atoms with Crippen molar-refractivity contribution in [1.29, 1.82) is 0 Å². The Morgan fingerprint density at radius 2 is 1.85 bits per heavy atom.